The number of alkyl halides is 3. The van der Waals surface area contributed by atoms with E-state index in [-0.39, 0.29) is 44.9 Å². The third kappa shape index (κ3) is 4.20. The van der Waals surface area contributed by atoms with Crippen molar-refractivity contribution in [3.8, 4) is 34.3 Å². The molecule has 0 unspecified atom stereocenters. The van der Waals surface area contributed by atoms with Gasteiger partial charge in [-0.3, -0.25) is 14.9 Å². The number of pyridine rings is 3. The molecular formula is C25H16F5N5O2. The standard InChI is InChI=1S/C25H16F5N5O2/c1-11-13(25(28,29)30)10-32-24(37-19-4-3-14(26)22(27)12(19)2)20(11)17-9-18(36)21-15(34-17)5-7-31-23(21)16-6-8-33-35-16/h3-10H,1-2H3,(H,33,35)(H,34,36). The zero-order valence-electron chi connectivity index (χ0n) is 19.2. The Labute approximate surface area is 205 Å². The summed E-state index contributed by atoms with van der Waals surface area (Å²) in [4.78, 5) is 24.3. The third-order valence-electron chi connectivity index (χ3n) is 5.87. The summed E-state index contributed by atoms with van der Waals surface area (Å²) in [6, 6.07) is 6.19. The van der Waals surface area contributed by atoms with E-state index in [0.29, 0.717) is 17.6 Å². The van der Waals surface area contributed by atoms with Gasteiger partial charge in [-0.25, -0.2) is 13.8 Å². The van der Waals surface area contributed by atoms with Crippen LogP contribution in [-0.4, -0.2) is 25.1 Å². The molecule has 12 heteroatoms. The first-order valence-electron chi connectivity index (χ1n) is 10.8. The van der Waals surface area contributed by atoms with Crippen molar-refractivity contribution in [2.75, 3.05) is 0 Å². The molecule has 4 aromatic heterocycles. The van der Waals surface area contributed by atoms with Crippen LogP contribution >= 0.6 is 0 Å². The Hall–Kier alpha value is -4.61. The lowest BCUT2D eigenvalue weighted by Crippen LogP contribution is -2.12. The normalized spacial score (nSPS) is 11.8. The van der Waals surface area contributed by atoms with Gasteiger partial charge in [0.1, 0.15) is 11.4 Å². The van der Waals surface area contributed by atoms with Gasteiger partial charge in [-0.05, 0) is 43.7 Å². The minimum atomic E-state index is -4.75. The predicted octanol–water partition coefficient (Wildman–Crippen LogP) is 6.08. The van der Waals surface area contributed by atoms with Crippen molar-refractivity contribution >= 4 is 10.9 Å². The lowest BCUT2D eigenvalue weighted by atomic mass is 10.0. The summed E-state index contributed by atoms with van der Waals surface area (Å²) in [5.74, 6) is -2.76. The van der Waals surface area contributed by atoms with Crippen molar-refractivity contribution < 1.29 is 26.7 Å². The van der Waals surface area contributed by atoms with Crippen molar-refractivity contribution in [1.82, 2.24) is 25.1 Å². The van der Waals surface area contributed by atoms with Crippen LogP contribution in [0, 0.1) is 25.5 Å². The maximum Gasteiger partial charge on any atom is 0.418 e. The molecule has 1 aromatic carbocycles. The Balaban J connectivity index is 1.75. The average molecular weight is 513 g/mol. The van der Waals surface area contributed by atoms with E-state index in [2.05, 4.69) is 25.1 Å². The van der Waals surface area contributed by atoms with Gasteiger partial charge in [-0.1, -0.05) is 0 Å². The zero-order chi connectivity index (χ0) is 26.5. The van der Waals surface area contributed by atoms with E-state index in [0.717, 1.165) is 18.2 Å². The van der Waals surface area contributed by atoms with E-state index in [9.17, 15) is 26.7 Å². The number of aromatic nitrogens is 5. The lowest BCUT2D eigenvalue weighted by molar-refractivity contribution is -0.138. The van der Waals surface area contributed by atoms with Crippen LogP contribution in [0.2, 0.25) is 0 Å². The minimum Gasteiger partial charge on any atom is -0.438 e. The Kier molecular flexibility index (Phi) is 5.73. The highest BCUT2D eigenvalue weighted by molar-refractivity contribution is 5.92. The van der Waals surface area contributed by atoms with Gasteiger partial charge in [0, 0.05) is 30.2 Å². The number of nitrogens with one attached hydrogen (secondary N) is 2. The number of ether oxygens (including phenoxy) is 1. The number of nitrogens with zero attached hydrogens (tertiary/aromatic N) is 3. The number of rotatable bonds is 4. The maximum absolute atomic E-state index is 14.1. The molecule has 188 valence electrons. The molecule has 0 saturated heterocycles. The summed E-state index contributed by atoms with van der Waals surface area (Å²) in [6.07, 6.45) is -1.25. The Morgan fingerprint density at radius 1 is 0.946 bits per heavy atom. The second-order valence-corrected chi connectivity index (χ2v) is 8.16. The number of hydrogen-bond acceptors (Lipinski definition) is 5. The molecule has 0 fully saturated rings. The summed E-state index contributed by atoms with van der Waals surface area (Å²) in [5, 5.41) is 6.77. The van der Waals surface area contributed by atoms with Gasteiger partial charge in [0.2, 0.25) is 5.88 Å². The van der Waals surface area contributed by atoms with Gasteiger partial charge >= 0.3 is 6.18 Å². The van der Waals surface area contributed by atoms with Gasteiger partial charge in [0.05, 0.1) is 33.4 Å². The van der Waals surface area contributed by atoms with E-state index in [1.54, 1.807) is 6.07 Å². The first kappa shape index (κ1) is 24.1. The number of hydrogen-bond donors (Lipinski definition) is 2. The Bertz CT molecular complexity index is 1710. The molecule has 37 heavy (non-hydrogen) atoms. The second-order valence-electron chi connectivity index (χ2n) is 8.16. The summed E-state index contributed by atoms with van der Waals surface area (Å²) in [5.41, 5.74) is -1.20. The molecule has 0 aliphatic rings. The minimum absolute atomic E-state index is 0.0226. The lowest BCUT2D eigenvalue weighted by Gasteiger charge is -2.18. The van der Waals surface area contributed by atoms with E-state index in [4.69, 9.17) is 4.74 Å². The first-order valence-corrected chi connectivity index (χ1v) is 10.8. The van der Waals surface area contributed by atoms with Gasteiger partial charge in [0.25, 0.3) is 0 Å². The molecule has 4 heterocycles. The molecule has 0 radical (unpaired) electrons. The molecule has 0 spiro atoms. The highest BCUT2D eigenvalue weighted by Gasteiger charge is 2.35. The van der Waals surface area contributed by atoms with Crippen LogP contribution in [0.1, 0.15) is 16.7 Å². The molecule has 0 amide bonds. The molecular weight excluding hydrogens is 497 g/mol. The molecule has 0 aliphatic carbocycles. The fraction of sp³-hybridized carbons (Fsp3) is 0.120. The van der Waals surface area contributed by atoms with Crippen LogP contribution in [0.25, 0.3) is 33.5 Å². The van der Waals surface area contributed by atoms with Crippen molar-refractivity contribution in [3.63, 3.8) is 0 Å². The van der Waals surface area contributed by atoms with Crippen LogP contribution in [0.5, 0.6) is 11.6 Å². The summed E-state index contributed by atoms with van der Waals surface area (Å²) in [7, 11) is 0. The molecule has 0 aliphatic heterocycles. The SMILES string of the molecule is Cc1c(Oc2ncc(C(F)(F)F)c(C)c2-c2cc(=O)c3c(-c4ccn[nH]4)nccc3[nH]2)ccc(F)c1F. The highest BCUT2D eigenvalue weighted by Crippen LogP contribution is 2.41. The monoisotopic (exact) mass is 513 g/mol. The molecule has 5 aromatic rings. The quantitative estimate of drug-likeness (QED) is 0.284. The van der Waals surface area contributed by atoms with Crippen LogP contribution < -0.4 is 10.2 Å². The molecule has 0 bridgehead atoms. The van der Waals surface area contributed by atoms with Crippen molar-refractivity contribution in [2.24, 2.45) is 0 Å². The van der Waals surface area contributed by atoms with Crippen LogP contribution in [0.4, 0.5) is 22.0 Å². The fourth-order valence-corrected chi connectivity index (χ4v) is 4.04. The second kappa shape index (κ2) is 8.80. The molecule has 5 rings (SSSR count). The largest absolute Gasteiger partial charge is 0.438 e. The van der Waals surface area contributed by atoms with Crippen molar-refractivity contribution in [1.29, 1.82) is 0 Å². The number of halogens is 5. The molecule has 0 saturated carbocycles. The van der Waals surface area contributed by atoms with E-state index >= 15 is 0 Å². The van der Waals surface area contributed by atoms with Gasteiger partial charge in [-0.15, -0.1) is 0 Å². The maximum atomic E-state index is 14.1. The van der Waals surface area contributed by atoms with Crippen LogP contribution in [0.15, 0.2) is 53.7 Å². The molecule has 7 nitrogen and oxygen atoms in total. The highest BCUT2D eigenvalue weighted by atomic mass is 19.4. The van der Waals surface area contributed by atoms with Gasteiger partial charge in [0.15, 0.2) is 17.1 Å². The van der Waals surface area contributed by atoms with Gasteiger partial charge < -0.3 is 9.72 Å². The average Bonchev–Trinajstić information content (AvgIpc) is 3.38. The number of aromatic amines is 2. The zero-order valence-corrected chi connectivity index (χ0v) is 19.2. The molecule has 0 atom stereocenters. The van der Waals surface area contributed by atoms with Gasteiger partial charge in [-0.2, -0.15) is 18.3 Å². The summed E-state index contributed by atoms with van der Waals surface area (Å²) >= 11 is 0. The molecule has 2 N–H and O–H groups in total. The summed E-state index contributed by atoms with van der Waals surface area (Å²) < 4.78 is 74.6. The van der Waals surface area contributed by atoms with E-state index in [1.807, 2.05) is 0 Å². The Morgan fingerprint density at radius 3 is 2.43 bits per heavy atom. The topological polar surface area (TPSA) is 96.6 Å². The third-order valence-corrected chi connectivity index (χ3v) is 5.87. The summed E-state index contributed by atoms with van der Waals surface area (Å²) in [6.45, 7) is 2.46. The first-order chi connectivity index (χ1) is 17.6. The smallest absolute Gasteiger partial charge is 0.418 e. The fourth-order valence-electron chi connectivity index (χ4n) is 4.04. The number of benzene rings is 1. The van der Waals surface area contributed by atoms with Crippen molar-refractivity contribution in [2.45, 2.75) is 20.0 Å². The van der Waals surface area contributed by atoms with E-state index < -0.39 is 28.8 Å². The van der Waals surface area contributed by atoms with Crippen molar-refractivity contribution in [3.05, 3.63) is 87.5 Å². The Morgan fingerprint density at radius 2 is 1.73 bits per heavy atom. The van der Waals surface area contributed by atoms with Crippen LogP contribution in [-0.2, 0) is 6.18 Å². The van der Waals surface area contributed by atoms with E-state index in [1.165, 1.54) is 32.3 Å². The predicted molar refractivity (Wildman–Crippen MR) is 124 cm³/mol. The number of H-pyrrole nitrogens is 2. The van der Waals surface area contributed by atoms with Crippen LogP contribution in [0.3, 0.4) is 0 Å². The number of fused-ring (bicyclic) bond motifs is 1.